The van der Waals surface area contributed by atoms with Gasteiger partial charge in [0, 0.05) is 22.8 Å². The van der Waals surface area contributed by atoms with E-state index in [4.69, 9.17) is 27.9 Å². The van der Waals surface area contributed by atoms with E-state index in [1.165, 1.54) is 0 Å². The molecular formula is C26H22Cl2N2O2. The summed E-state index contributed by atoms with van der Waals surface area (Å²) in [5, 5.41) is 9.49. The lowest BCUT2D eigenvalue weighted by molar-refractivity contribution is -0.118. The Morgan fingerprint density at radius 2 is 1.72 bits per heavy atom. The van der Waals surface area contributed by atoms with Gasteiger partial charge in [-0.2, -0.15) is 0 Å². The van der Waals surface area contributed by atoms with Gasteiger partial charge in [-0.05, 0) is 54.1 Å². The number of carbonyl (C=O) groups is 1. The molecule has 0 aliphatic rings. The minimum Gasteiger partial charge on any atom is -0.483 e. The molecule has 0 spiro atoms. The lowest BCUT2D eigenvalue weighted by atomic mass is 10.0. The molecule has 0 fully saturated rings. The van der Waals surface area contributed by atoms with Gasteiger partial charge in [0.15, 0.2) is 6.61 Å². The Morgan fingerprint density at radius 3 is 2.53 bits per heavy atom. The van der Waals surface area contributed by atoms with Crippen LogP contribution in [0.25, 0.3) is 10.8 Å². The van der Waals surface area contributed by atoms with E-state index in [0.717, 1.165) is 33.3 Å². The van der Waals surface area contributed by atoms with Crippen LogP contribution in [0.3, 0.4) is 0 Å². The van der Waals surface area contributed by atoms with Gasteiger partial charge in [-0.1, -0.05) is 71.2 Å². The van der Waals surface area contributed by atoms with Crippen LogP contribution in [0.2, 0.25) is 10.0 Å². The summed E-state index contributed by atoms with van der Waals surface area (Å²) in [4.78, 5) is 12.4. The first kappa shape index (κ1) is 22.0. The molecule has 1 amide bonds. The number of ether oxygens (including phenoxy) is 1. The lowest BCUT2D eigenvalue weighted by Gasteiger charge is -2.16. The van der Waals surface area contributed by atoms with Crippen LogP contribution in [-0.2, 0) is 11.3 Å². The molecule has 2 N–H and O–H groups in total. The first-order chi connectivity index (χ1) is 15.5. The van der Waals surface area contributed by atoms with Crippen molar-refractivity contribution in [1.29, 1.82) is 0 Å². The van der Waals surface area contributed by atoms with Crippen molar-refractivity contribution in [3.8, 4) is 5.75 Å². The van der Waals surface area contributed by atoms with Crippen LogP contribution in [-0.4, -0.2) is 12.5 Å². The fraction of sp³-hybridized carbons (Fsp3) is 0.115. The van der Waals surface area contributed by atoms with Crippen LogP contribution >= 0.6 is 23.2 Å². The summed E-state index contributed by atoms with van der Waals surface area (Å²) in [7, 11) is 0. The van der Waals surface area contributed by atoms with Crippen LogP contribution in [0.5, 0.6) is 5.75 Å². The average molecular weight is 465 g/mol. The minimum absolute atomic E-state index is 0.100. The van der Waals surface area contributed by atoms with E-state index < -0.39 is 0 Å². The fourth-order valence-electron chi connectivity index (χ4n) is 3.43. The van der Waals surface area contributed by atoms with E-state index in [1.807, 2.05) is 67.6 Å². The number of anilines is 2. The monoisotopic (exact) mass is 464 g/mol. The van der Waals surface area contributed by atoms with Crippen molar-refractivity contribution in [1.82, 2.24) is 0 Å². The number of hydrogen-bond acceptors (Lipinski definition) is 3. The van der Waals surface area contributed by atoms with Gasteiger partial charge in [-0.3, -0.25) is 4.79 Å². The molecule has 0 aliphatic heterocycles. The Morgan fingerprint density at radius 1 is 0.938 bits per heavy atom. The van der Waals surface area contributed by atoms with Crippen molar-refractivity contribution in [3.63, 3.8) is 0 Å². The quantitative estimate of drug-likeness (QED) is 0.307. The van der Waals surface area contributed by atoms with Gasteiger partial charge in [0.1, 0.15) is 5.75 Å². The SMILES string of the molecule is Cc1ccc(NC(=O)COc2ccc3ccccc3c2CNc2cc(Cl)ccc2Cl)cc1. The molecule has 4 rings (SSSR count). The summed E-state index contributed by atoms with van der Waals surface area (Å²) in [5.41, 5.74) is 3.53. The van der Waals surface area contributed by atoms with Crippen LogP contribution in [0, 0.1) is 6.92 Å². The van der Waals surface area contributed by atoms with Crippen molar-refractivity contribution in [2.45, 2.75) is 13.5 Å². The molecule has 0 atom stereocenters. The Kier molecular flexibility index (Phi) is 6.84. The summed E-state index contributed by atoms with van der Waals surface area (Å²) in [6.45, 7) is 2.36. The van der Waals surface area contributed by atoms with Gasteiger partial charge in [0.2, 0.25) is 0 Å². The van der Waals surface area contributed by atoms with E-state index in [9.17, 15) is 4.79 Å². The third kappa shape index (κ3) is 5.34. The zero-order chi connectivity index (χ0) is 22.5. The number of nitrogens with one attached hydrogen (secondary N) is 2. The maximum atomic E-state index is 12.4. The lowest BCUT2D eigenvalue weighted by Crippen LogP contribution is -2.20. The van der Waals surface area contributed by atoms with Gasteiger partial charge in [-0.15, -0.1) is 0 Å². The molecule has 6 heteroatoms. The summed E-state index contributed by atoms with van der Waals surface area (Å²) >= 11 is 12.4. The van der Waals surface area contributed by atoms with Crippen molar-refractivity contribution in [2.24, 2.45) is 0 Å². The van der Waals surface area contributed by atoms with E-state index in [1.54, 1.807) is 18.2 Å². The number of carbonyl (C=O) groups excluding carboxylic acids is 1. The Bertz CT molecular complexity index is 1260. The highest BCUT2D eigenvalue weighted by atomic mass is 35.5. The summed E-state index contributed by atoms with van der Waals surface area (Å²) in [6, 6.07) is 24.8. The highest BCUT2D eigenvalue weighted by Crippen LogP contribution is 2.31. The number of fused-ring (bicyclic) bond motifs is 1. The van der Waals surface area contributed by atoms with E-state index >= 15 is 0 Å². The fourth-order valence-corrected chi connectivity index (χ4v) is 3.78. The highest BCUT2D eigenvalue weighted by molar-refractivity contribution is 6.35. The van der Waals surface area contributed by atoms with Crippen LogP contribution in [0.15, 0.2) is 78.9 Å². The Balaban J connectivity index is 1.53. The highest BCUT2D eigenvalue weighted by Gasteiger charge is 2.12. The van der Waals surface area contributed by atoms with Crippen LogP contribution in [0.1, 0.15) is 11.1 Å². The second kappa shape index (κ2) is 9.94. The van der Waals surface area contributed by atoms with Crippen molar-refractivity contribution in [2.75, 3.05) is 17.2 Å². The maximum Gasteiger partial charge on any atom is 0.262 e. The van der Waals surface area contributed by atoms with Crippen molar-refractivity contribution in [3.05, 3.63) is 100 Å². The van der Waals surface area contributed by atoms with Gasteiger partial charge in [-0.25, -0.2) is 0 Å². The summed E-state index contributed by atoms with van der Waals surface area (Å²) < 4.78 is 5.93. The molecule has 0 saturated carbocycles. The molecule has 0 saturated heterocycles. The molecule has 0 radical (unpaired) electrons. The molecule has 4 aromatic carbocycles. The number of hydrogen-bond donors (Lipinski definition) is 2. The second-order valence-corrected chi connectivity index (χ2v) is 8.29. The first-order valence-electron chi connectivity index (χ1n) is 10.2. The zero-order valence-electron chi connectivity index (χ0n) is 17.5. The number of aryl methyl sites for hydroxylation is 1. The number of rotatable bonds is 7. The van der Waals surface area contributed by atoms with Crippen LogP contribution in [0.4, 0.5) is 11.4 Å². The Hall–Kier alpha value is -3.21. The predicted octanol–water partition coefficient (Wildman–Crippen LogP) is 7.08. The van der Waals surface area contributed by atoms with E-state index in [0.29, 0.717) is 22.3 Å². The topological polar surface area (TPSA) is 50.4 Å². The molecule has 4 aromatic rings. The van der Waals surface area contributed by atoms with Crippen molar-refractivity contribution >= 4 is 51.3 Å². The van der Waals surface area contributed by atoms with Crippen LogP contribution < -0.4 is 15.4 Å². The third-order valence-electron chi connectivity index (χ3n) is 5.08. The first-order valence-corrected chi connectivity index (χ1v) is 10.9. The molecule has 0 bridgehead atoms. The van der Waals surface area contributed by atoms with Gasteiger partial charge in [0.25, 0.3) is 5.91 Å². The van der Waals surface area contributed by atoms with E-state index in [2.05, 4.69) is 10.6 Å². The molecule has 4 nitrogen and oxygen atoms in total. The molecule has 32 heavy (non-hydrogen) atoms. The zero-order valence-corrected chi connectivity index (χ0v) is 19.0. The van der Waals surface area contributed by atoms with Crippen molar-refractivity contribution < 1.29 is 9.53 Å². The maximum absolute atomic E-state index is 12.4. The normalized spacial score (nSPS) is 10.7. The molecule has 0 aliphatic carbocycles. The number of halogens is 2. The van der Waals surface area contributed by atoms with Gasteiger partial charge < -0.3 is 15.4 Å². The molecule has 0 aromatic heterocycles. The summed E-state index contributed by atoms with van der Waals surface area (Å²) in [5.74, 6) is 0.409. The molecule has 0 unspecified atom stereocenters. The summed E-state index contributed by atoms with van der Waals surface area (Å²) in [6.07, 6.45) is 0. The smallest absolute Gasteiger partial charge is 0.262 e. The molecule has 0 heterocycles. The molecular weight excluding hydrogens is 443 g/mol. The average Bonchev–Trinajstić information content (AvgIpc) is 2.80. The number of amides is 1. The predicted molar refractivity (Wildman–Crippen MR) is 133 cm³/mol. The largest absolute Gasteiger partial charge is 0.483 e. The molecule has 162 valence electrons. The van der Waals surface area contributed by atoms with E-state index in [-0.39, 0.29) is 12.5 Å². The third-order valence-corrected chi connectivity index (χ3v) is 5.64. The minimum atomic E-state index is -0.223. The van der Waals surface area contributed by atoms with Gasteiger partial charge in [0.05, 0.1) is 10.7 Å². The van der Waals surface area contributed by atoms with Gasteiger partial charge >= 0.3 is 0 Å². The second-order valence-electron chi connectivity index (χ2n) is 7.44. The Labute approximate surface area is 197 Å². The number of benzene rings is 4. The standard InChI is InChI=1S/C26H22Cl2N2O2/c1-17-6-10-20(11-7-17)30-26(31)16-32-25-13-8-18-4-2-3-5-21(18)22(25)15-29-24-14-19(27)9-12-23(24)28/h2-14,29H,15-16H2,1H3,(H,30,31).